The van der Waals surface area contributed by atoms with Gasteiger partial charge in [0.1, 0.15) is 0 Å². The Morgan fingerprint density at radius 2 is 2.19 bits per heavy atom. The Labute approximate surface area is 122 Å². The number of aromatic carboxylic acids is 1. The van der Waals surface area contributed by atoms with Crippen LogP contribution in [0.15, 0.2) is 23.1 Å². The first-order valence-corrected chi connectivity index (χ1v) is 7.86. The van der Waals surface area contributed by atoms with E-state index in [2.05, 4.69) is 0 Å². The normalized spacial score (nSPS) is 20.4. The number of rotatable bonds is 4. The molecule has 0 aliphatic carbocycles. The zero-order valence-corrected chi connectivity index (χ0v) is 12.3. The molecule has 7 nitrogen and oxygen atoms in total. The first-order valence-electron chi connectivity index (χ1n) is 6.42. The van der Waals surface area contributed by atoms with Crippen LogP contribution in [-0.2, 0) is 14.8 Å². The number of carbonyl (C=O) groups is 1. The Hall–Kier alpha value is -1.48. The fourth-order valence-corrected chi connectivity index (χ4v) is 3.84. The van der Waals surface area contributed by atoms with Crippen LogP contribution in [0.4, 0.5) is 0 Å². The van der Waals surface area contributed by atoms with Crippen molar-refractivity contribution in [3.05, 3.63) is 29.3 Å². The molecule has 0 radical (unpaired) electrons. The maximum atomic E-state index is 12.6. The summed E-state index contributed by atoms with van der Waals surface area (Å²) in [5.74, 6) is -1.18. The molecule has 1 aromatic carbocycles. The van der Waals surface area contributed by atoms with Crippen LogP contribution in [0.3, 0.4) is 0 Å². The van der Waals surface area contributed by atoms with E-state index in [1.807, 2.05) is 0 Å². The van der Waals surface area contributed by atoms with Crippen molar-refractivity contribution in [3.8, 4) is 0 Å². The lowest BCUT2D eigenvalue weighted by Gasteiger charge is -2.33. The molecule has 0 aromatic heterocycles. The fourth-order valence-electron chi connectivity index (χ4n) is 2.23. The number of aliphatic hydroxyl groups excluding tert-OH is 1. The van der Waals surface area contributed by atoms with Crippen molar-refractivity contribution in [1.82, 2.24) is 4.31 Å². The molecule has 1 atom stereocenters. The molecule has 1 unspecified atom stereocenters. The average molecular weight is 315 g/mol. The minimum atomic E-state index is -3.87. The molecular weight excluding hydrogens is 298 g/mol. The molecule has 116 valence electrons. The van der Waals surface area contributed by atoms with Crippen LogP contribution in [0.25, 0.3) is 0 Å². The predicted octanol–water partition coefficient (Wildman–Crippen LogP) is 0.0750. The van der Waals surface area contributed by atoms with Crippen molar-refractivity contribution in [3.63, 3.8) is 0 Å². The van der Waals surface area contributed by atoms with E-state index >= 15 is 0 Å². The lowest BCUT2D eigenvalue weighted by atomic mass is 10.1. The predicted molar refractivity (Wildman–Crippen MR) is 73.7 cm³/mol. The Bertz CT molecular complexity index is 642. The summed E-state index contributed by atoms with van der Waals surface area (Å²) < 4.78 is 31.5. The molecule has 2 N–H and O–H groups in total. The van der Waals surface area contributed by atoms with Gasteiger partial charge in [-0.2, -0.15) is 4.31 Å². The van der Waals surface area contributed by atoms with E-state index in [9.17, 15) is 18.3 Å². The van der Waals surface area contributed by atoms with E-state index in [1.165, 1.54) is 12.1 Å². The Kier molecular flexibility index (Phi) is 4.62. The summed E-state index contributed by atoms with van der Waals surface area (Å²) in [6.45, 7) is 1.74. The Balaban J connectivity index is 2.43. The lowest BCUT2D eigenvalue weighted by Crippen LogP contribution is -2.50. The van der Waals surface area contributed by atoms with E-state index in [0.29, 0.717) is 5.56 Å². The summed E-state index contributed by atoms with van der Waals surface area (Å²) in [7, 11) is -3.87. The second-order valence-electron chi connectivity index (χ2n) is 4.81. The van der Waals surface area contributed by atoms with E-state index in [4.69, 9.17) is 9.84 Å². The molecule has 0 amide bonds. The number of aliphatic hydroxyl groups is 1. The van der Waals surface area contributed by atoms with Crippen molar-refractivity contribution in [2.24, 2.45) is 0 Å². The van der Waals surface area contributed by atoms with Gasteiger partial charge in [-0.1, -0.05) is 6.07 Å². The van der Waals surface area contributed by atoms with Crippen LogP contribution >= 0.6 is 0 Å². The van der Waals surface area contributed by atoms with Crippen molar-refractivity contribution in [1.29, 1.82) is 0 Å². The topological polar surface area (TPSA) is 104 Å². The van der Waals surface area contributed by atoms with E-state index < -0.39 is 22.0 Å². The van der Waals surface area contributed by atoms with Crippen LogP contribution in [0.1, 0.15) is 15.9 Å². The number of benzene rings is 1. The Morgan fingerprint density at radius 3 is 2.81 bits per heavy atom. The zero-order chi connectivity index (χ0) is 15.6. The highest BCUT2D eigenvalue weighted by Crippen LogP contribution is 2.23. The lowest BCUT2D eigenvalue weighted by molar-refractivity contribution is 0.0109. The quantitative estimate of drug-likeness (QED) is 0.815. The number of nitrogens with zero attached hydrogens (tertiary/aromatic N) is 1. The molecule has 1 fully saturated rings. The van der Waals surface area contributed by atoms with Gasteiger partial charge in [0.05, 0.1) is 36.3 Å². The number of hydrogen-bond acceptors (Lipinski definition) is 5. The van der Waals surface area contributed by atoms with Gasteiger partial charge in [0.25, 0.3) is 0 Å². The highest BCUT2D eigenvalue weighted by molar-refractivity contribution is 7.89. The molecular formula is C13H17NO6S. The average Bonchev–Trinajstić information content (AvgIpc) is 2.47. The largest absolute Gasteiger partial charge is 0.478 e. The second-order valence-corrected chi connectivity index (χ2v) is 6.70. The number of carboxylic acids is 1. The zero-order valence-electron chi connectivity index (χ0n) is 11.5. The highest BCUT2D eigenvalue weighted by Gasteiger charge is 2.34. The first kappa shape index (κ1) is 15.9. The van der Waals surface area contributed by atoms with Crippen molar-refractivity contribution in [2.45, 2.75) is 17.9 Å². The number of sulfonamides is 1. The second kappa shape index (κ2) is 6.10. The van der Waals surface area contributed by atoms with Gasteiger partial charge >= 0.3 is 5.97 Å². The van der Waals surface area contributed by atoms with Crippen molar-refractivity contribution in [2.75, 3.05) is 26.4 Å². The monoisotopic (exact) mass is 315 g/mol. The molecule has 0 bridgehead atoms. The standard InChI is InChI=1S/C13H17NO6S/c1-9-2-3-11(6-12(9)13(16)17)21(18,19)14-4-5-20-8-10(14)7-15/h2-3,6,10,15H,4-5,7-8H2,1H3,(H,16,17). The van der Waals surface area contributed by atoms with Crippen LogP contribution < -0.4 is 0 Å². The number of carboxylic acid groups (broad SMARTS) is 1. The van der Waals surface area contributed by atoms with E-state index in [1.54, 1.807) is 6.92 Å². The molecule has 0 saturated carbocycles. The third-order valence-electron chi connectivity index (χ3n) is 3.43. The summed E-state index contributed by atoms with van der Waals surface area (Å²) >= 11 is 0. The first-order chi connectivity index (χ1) is 9.87. The van der Waals surface area contributed by atoms with Gasteiger partial charge in [0.2, 0.25) is 10.0 Å². The van der Waals surface area contributed by atoms with Crippen LogP contribution in [0.5, 0.6) is 0 Å². The van der Waals surface area contributed by atoms with Crippen LogP contribution in [-0.4, -0.2) is 61.3 Å². The fraction of sp³-hybridized carbons (Fsp3) is 0.462. The minimum absolute atomic E-state index is 0.0510. The molecule has 8 heteroatoms. The number of morpholine rings is 1. The number of ether oxygens (including phenoxy) is 1. The molecule has 1 heterocycles. The SMILES string of the molecule is Cc1ccc(S(=O)(=O)N2CCOCC2CO)cc1C(=O)O. The van der Waals surface area contributed by atoms with Gasteiger partial charge in [-0.25, -0.2) is 13.2 Å². The number of aryl methyl sites for hydroxylation is 1. The van der Waals surface area contributed by atoms with Gasteiger partial charge in [-0.15, -0.1) is 0 Å². The van der Waals surface area contributed by atoms with E-state index in [-0.39, 0.29) is 36.8 Å². The molecule has 0 spiro atoms. The summed E-state index contributed by atoms with van der Waals surface area (Å²) in [6.07, 6.45) is 0. The molecule has 1 saturated heterocycles. The smallest absolute Gasteiger partial charge is 0.335 e. The van der Waals surface area contributed by atoms with Crippen molar-refractivity contribution < 1.29 is 28.2 Å². The Morgan fingerprint density at radius 1 is 1.48 bits per heavy atom. The third-order valence-corrected chi connectivity index (χ3v) is 5.38. The van der Waals surface area contributed by atoms with Crippen LogP contribution in [0, 0.1) is 6.92 Å². The van der Waals surface area contributed by atoms with Gasteiger partial charge in [0.15, 0.2) is 0 Å². The molecule has 1 aromatic rings. The van der Waals surface area contributed by atoms with E-state index in [0.717, 1.165) is 10.4 Å². The van der Waals surface area contributed by atoms with Crippen LogP contribution in [0.2, 0.25) is 0 Å². The molecule has 1 aliphatic heterocycles. The molecule has 1 aliphatic rings. The summed E-state index contributed by atoms with van der Waals surface area (Å²) in [6, 6.07) is 3.33. The minimum Gasteiger partial charge on any atom is -0.478 e. The molecule has 21 heavy (non-hydrogen) atoms. The summed E-state index contributed by atoms with van der Waals surface area (Å²) in [5, 5.41) is 18.4. The summed E-state index contributed by atoms with van der Waals surface area (Å²) in [4.78, 5) is 11.0. The number of hydrogen-bond donors (Lipinski definition) is 2. The van der Waals surface area contributed by atoms with Crippen molar-refractivity contribution >= 4 is 16.0 Å². The maximum Gasteiger partial charge on any atom is 0.335 e. The van der Waals surface area contributed by atoms with Gasteiger partial charge in [-0.3, -0.25) is 0 Å². The summed E-state index contributed by atoms with van der Waals surface area (Å²) in [5.41, 5.74) is 0.437. The van der Waals surface area contributed by atoms with Gasteiger partial charge in [0, 0.05) is 6.54 Å². The van der Waals surface area contributed by atoms with Gasteiger partial charge in [-0.05, 0) is 24.6 Å². The van der Waals surface area contributed by atoms with Gasteiger partial charge < -0.3 is 14.9 Å². The maximum absolute atomic E-state index is 12.6. The molecule has 2 rings (SSSR count). The third kappa shape index (κ3) is 3.08. The highest BCUT2D eigenvalue weighted by atomic mass is 32.2.